The maximum absolute atomic E-state index is 13.1. The van der Waals surface area contributed by atoms with E-state index in [1.54, 1.807) is 26.6 Å². The number of piperazine rings is 1. The summed E-state index contributed by atoms with van der Waals surface area (Å²) in [4.78, 5) is 28.9. The van der Waals surface area contributed by atoms with Crippen LogP contribution in [0, 0.1) is 6.92 Å². The molecule has 4 heterocycles. The summed E-state index contributed by atoms with van der Waals surface area (Å²) in [5, 5.41) is 8.36. The molecule has 2 amide bonds. The van der Waals surface area contributed by atoms with E-state index in [1.165, 1.54) is 11.8 Å². The van der Waals surface area contributed by atoms with E-state index in [1.807, 2.05) is 6.92 Å². The number of hydrogen-bond acceptors (Lipinski definition) is 6. The van der Waals surface area contributed by atoms with Crippen molar-refractivity contribution in [1.82, 2.24) is 24.8 Å². The molecule has 2 aromatic heterocycles. The Balaban J connectivity index is 1.24. The van der Waals surface area contributed by atoms with Crippen LogP contribution < -0.4 is 0 Å². The maximum atomic E-state index is 13.1. The molecule has 0 unspecified atom stereocenters. The SMILES string of the molecule is Cc1ccc([C@@H]2Cn3nnc(C(=O)N4CCN(C(=O)c5ccco5)CC4)c3CO2)cc1. The minimum atomic E-state index is -0.177. The zero-order valence-electron chi connectivity index (χ0n) is 17.2. The number of fused-ring (bicyclic) bond motifs is 1. The molecule has 0 aliphatic carbocycles. The third-order valence-electron chi connectivity index (χ3n) is 5.84. The predicted molar refractivity (Wildman–Crippen MR) is 109 cm³/mol. The average Bonchev–Trinajstić information content (AvgIpc) is 3.49. The first-order valence-electron chi connectivity index (χ1n) is 10.3. The van der Waals surface area contributed by atoms with Crippen molar-refractivity contribution in [2.75, 3.05) is 26.2 Å². The van der Waals surface area contributed by atoms with E-state index in [-0.39, 0.29) is 24.5 Å². The highest BCUT2D eigenvalue weighted by Crippen LogP contribution is 2.27. The number of furan rings is 1. The van der Waals surface area contributed by atoms with Gasteiger partial charge < -0.3 is 19.0 Å². The number of hydrogen-bond donors (Lipinski definition) is 0. The van der Waals surface area contributed by atoms with Crippen molar-refractivity contribution in [2.24, 2.45) is 0 Å². The largest absolute Gasteiger partial charge is 0.459 e. The number of ether oxygens (including phenoxy) is 1. The normalized spacial score (nSPS) is 18.7. The molecule has 1 fully saturated rings. The lowest BCUT2D eigenvalue weighted by Gasteiger charge is -2.34. The molecule has 2 aliphatic rings. The molecule has 0 bridgehead atoms. The minimum absolute atomic E-state index is 0.117. The van der Waals surface area contributed by atoms with Gasteiger partial charge in [-0.2, -0.15) is 0 Å². The summed E-state index contributed by atoms with van der Waals surface area (Å²) in [5.41, 5.74) is 3.30. The lowest BCUT2D eigenvalue weighted by Crippen LogP contribution is -2.50. The van der Waals surface area contributed by atoms with Crippen LogP contribution in [0.5, 0.6) is 0 Å². The van der Waals surface area contributed by atoms with Gasteiger partial charge in [0.25, 0.3) is 11.8 Å². The van der Waals surface area contributed by atoms with Crippen LogP contribution >= 0.6 is 0 Å². The molecule has 0 spiro atoms. The van der Waals surface area contributed by atoms with Crippen LogP contribution in [-0.4, -0.2) is 62.8 Å². The highest BCUT2D eigenvalue weighted by atomic mass is 16.5. The van der Waals surface area contributed by atoms with Gasteiger partial charge in [0.1, 0.15) is 6.10 Å². The van der Waals surface area contributed by atoms with Crippen LogP contribution in [0.3, 0.4) is 0 Å². The highest BCUT2D eigenvalue weighted by Gasteiger charge is 2.32. The second-order valence-corrected chi connectivity index (χ2v) is 7.84. The number of aromatic nitrogens is 3. The first-order valence-corrected chi connectivity index (χ1v) is 10.3. The second-order valence-electron chi connectivity index (χ2n) is 7.84. The summed E-state index contributed by atoms with van der Waals surface area (Å²) >= 11 is 0. The van der Waals surface area contributed by atoms with Crippen molar-refractivity contribution in [1.29, 1.82) is 0 Å². The summed E-state index contributed by atoms with van der Waals surface area (Å²) in [6, 6.07) is 11.6. The van der Waals surface area contributed by atoms with Crippen molar-refractivity contribution in [3.05, 3.63) is 70.9 Å². The van der Waals surface area contributed by atoms with E-state index in [2.05, 4.69) is 34.6 Å². The van der Waals surface area contributed by atoms with Gasteiger partial charge in [-0.3, -0.25) is 9.59 Å². The predicted octanol–water partition coefficient (Wildman–Crippen LogP) is 2.05. The lowest BCUT2D eigenvalue weighted by molar-refractivity contribution is -0.00203. The van der Waals surface area contributed by atoms with Crippen molar-refractivity contribution in [3.63, 3.8) is 0 Å². The molecule has 1 atom stereocenters. The number of carbonyl (C=O) groups is 2. The second kappa shape index (κ2) is 7.99. The smallest absolute Gasteiger partial charge is 0.289 e. The Morgan fingerprint density at radius 3 is 2.39 bits per heavy atom. The van der Waals surface area contributed by atoms with Crippen molar-refractivity contribution in [2.45, 2.75) is 26.2 Å². The Hall–Kier alpha value is -3.46. The third kappa shape index (κ3) is 3.72. The molecular weight excluding hydrogens is 398 g/mol. The minimum Gasteiger partial charge on any atom is -0.459 e. The Morgan fingerprint density at radius 2 is 1.71 bits per heavy atom. The molecule has 0 N–H and O–H groups in total. The van der Waals surface area contributed by atoms with E-state index in [4.69, 9.17) is 9.15 Å². The number of benzene rings is 1. The Labute approximate surface area is 179 Å². The van der Waals surface area contributed by atoms with Crippen molar-refractivity contribution in [3.8, 4) is 0 Å². The summed E-state index contributed by atoms with van der Waals surface area (Å²) < 4.78 is 13.0. The van der Waals surface area contributed by atoms with Gasteiger partial charge >= 0.3 is 0 Å². The molecule has 160 valence electrons. The van der Waals surface area contributed by atoms with E-state index < -0.39 is 0 Å². The number of rotatable bonds is 3. The molecular formula is C22H23N5O4. The monoisotopic (exact) mass is 421 g/mol. The fourth-order valence-electron chi connectivity index (χ4n) is 3.98. The van der Waals surface area contributed by atoms with Gasteiger partial charge in [-0.05, 0) is 24.6 Å². The highest BCUT2D eigenvalue weighted by molar-refractivity contribution is 5.94. The fraction of sp³-hybridized carbons (Fsp3) is 0.364. The van der Waals surface area contributed by atoms with Crippen LogP contribution in [0.2, 0.25) is 0 Å². The number of nitrogens with zero attached hydrogens (tertiary/aromatic N) is 5. The molecule has 9 heteroatoms. The Morgan fingerprint density at radius 1 is 1.00 bits per heavy atom. The average molecular weight is 421 g/mol. The molecule has 2 aliphatic heterocycles. The van der Waals surface area contributed by atoms with Crippen molar-refractivity contribution >= 4 is 11.8 Å². The molecule has 9 nitrogen and oxygen atoms in total. The number of amides is 2. The standard InChI is InChI=1S/C22H23N5O4/c1-15-4-6-16(7-5-15)19-13-27-17(14-31-19)20(23-24-27)22(29)26-10-8-25(9-11-26)21(28)18-3-2-12-30-18/h2-7,12,19H,8-11,13-14H2,1H3/t19-/m0/s1. The molecule has 31 heavy (non-hydrogen) atoms. The van der Waals surface area contributed by atoms with Crippen molar-refractivity contribution < 1.29 is 18.7 Å². The molecule has 5 rings (SSSR count). The van der Waals surface area contributed by atoms with Crippen LogP contribution in [0.4, 0.5) is 0 Å². The lowest BCUT2D eigenvalue weighted by atomic mass is 10.1. The van der Waals surface area contributed by atoms with Crippen LogP contribution in [0.1, 0.15) is 44.0 Å². The summed E-state index contributed by atoms with van der Waals surface area (Å²) in [6.07, 6.45) is 1.36. The summed E-state index contributed by atoms with van der Waals surface area (Å²) in [7, 11) is 0. The number of aryl methyl sites for hydroxylation is 1. The van der Waals surface area contributed by atoms with Gasteiger partial charge in [-0.25, -0.2) is 4.68 Å². The topological polar surface area (TPSA) is 93.7 Å². The van der Waals surface area contributed by atoms with E-state index in [0.29, 0.717) is 49.9 Å². The van der Waals surface area contributed by atoms with E-state index in [9.17, 15) is 9.59 Å². The van der Waals surface area contributed by atoms with Crippen LogP contribution in [-0.2, 0) is 17.9 Å². The number of carbonyl (C=O) groups excluding carboxylic acids is 2. The zero-order chi connectivity index (χ0) is 21.4. The first kappa shape index (κ1) is 19.5. The molecule has 0 radical (unpaired) electrons. The zero-order valence-corrected chi connectivity index (χ0v) is 17.2. The van der Waals surface area contributed by atoms with Gasteiger partial charge in [-0.1, -0.05) is 35.0 Å². The van der Waals surface area contributed by atoms with Gasteiger partial charge in [0.05, 0.1) is 25.1 Å². The van der Waals surface area contributed by atoms with E-state index in [0.717, 1.165) is 5.56 Å². The Kier molecular flexibility index (Phi) is 5.03. The molecule has 1 saturated heterocycles. The third-order valence-corrected chi connectivity index (χ3v) is 5.84. The van der Waals surface area contributed by atoms with Gasteiger partial charge in [-0.15, -0.1) is 5.10 Å². The Bertz CT molecular complexity index is 1080. The molecule has 0 saturated carbocycles. The van der Waals surface area contributed by atoms with Crippen LogP contribution in [0.25, 0.3) is 0 Å². The summed E-state index contributed by atoms with van der Waals surface area (Å²) in [6.45, 7) is 4.61. The quantitative estimate of drug-likeness (QED) is 0.643. The van der Waals surface area contributed by atoms with Crippen LogP contribution in [0.15, 0.2) is 47.1 Å². The van der Waals surface area contributed by atoms with E-state index >= 15 is 0 Å². The molecule has 3 aromatic rings. The maximum Gasteiger partial charge on any atom is 0.289 e. The fourth-order valence-corrected chi connectivity index (χ4v) is 3.98. The summed E-state index contributed by atoms with van der Waals surface area (Å²) in [5.74, 6) is -0.0233. The molecule has 1 aromatic carbocycles. The first-order chi connectivity index (χ1) is 15.1. The van der Waals surface area contributed by atoms with Gasteiger partial charge in [0.15, 0.2) is 11.5 Å². The van der Waals surface area contributed by atoms with Gasteiger partial charge in [0, 0.05) is 26.2 Å². The van der Waals surface area contributed by atoms with Gasteiger partial charge in [0.2, 0.25) is 0 Å².